The maximum absolute atomic E-state index is 12.4. The van der Waals surface area contributed by atoms with Crippen LogP contribution in [0.4, 0.5) is 0 Å². The summed E-state index contributed by atoms with van der Waals surface area (Å²) in [5.41, 5.74) is 2.53. The average Bonchev–Trinajstić information content (AvgIpc) is 3.06. The van der Waals surface area contributed by atoms with Gasteiger partial charge >= 0.3 is 0 Å². The number of hydrogen-bond acceptors (Lipinski definition) is 3. The standard InChI is InChI=1S/C19H30N4O2/c1-3-20-19(22-12-7-13-25-2)21-11-6-10-18(24)23-14-16-8-4-5-9-17(16)15-23/h4-5,8-9H,3,6-7,10-15H2,1-2H3,(H2,20,21,22). The van der Waals surface area contributed by atoms with E-state index in [1.807, 2.05) is 24.0 Å². The van der Waals surface area contributed by atoms with Crippen LogP contribution in [0.15, 0.2) is 29.3 Å². The summed E-state index contributed by atoms with van der Waals surface area (Å²) in [6.07, 6.45) is 2.25. The molecule has 0 unspecified atom stereocenters. The highest BCUT2D eigenvalue weighted by molar-refractivity contribution is 5.80. The number of guanidine groups is 1. The number of benzene rings is 1. The predicted octanol–water partition coefficient (Wildman–Crippen LogP) is 1.90. The Morgan fingerprint density at radius 3 is 2.56 bits per heavy atom. The molecule has 6 heteroatoms. The molecule has 1 amide bonds. The Bertz CT molecular complexity index is 549. The van der Waals surface area contributed by atoms with Crippen molar-refractivity contribution in [3.63, 3.8) is 0 Å². The van der Waals surface area contributed by atoms with Crippen LogP contribution < -0.4 is 10.6 Å². The molecule has 1 aromatic rings. The van der Waals surface area contributed by atoms with Crippen LogP contribution in [0.3, 0.4) is 0 Å². The Morgan fingerprint density at radius 1 is 1.20 bits per heavy atom. The summed E-state index contributed by atoms with van der Waals surface area (Å²) < 4.78 is 5.04. The second kappa shape index (κ2) is 10.7. The molecular weight excluding hydrogens is 316 g/mol. The van der Waals surface area contributed by atoms with Crippen molar-refractivity contribution in [1.29, 1.82) is 0 Å². The number of methoxy groups -OCH3 is 1. The van der Waals surface area contributed by atoms with E-state index in [0.29, 0.717) is 13.0 Å². The van der Waals surface area contributed by atoms with Gasteiger partial charge in [-0.3, -0.25) is 9.79 Å². The molecule has 6 nitrogen and oxygen atoms in total. The number of rotatable bonds is 9. The van der Waals surface area contributed by atoms with E-state index in [1.165, 1.54) is 11.1 Å². The molecule has 0 fully saturated rings. The van der Waals surface area contributed by atoms with Crippen molar-refractivity contribution in [1.82, 2.24) is 15.5 Å². The molecule has 1 heterocycles. The fourth-order valence-corrected chi connectivity index (χ4v) is 2.85. The van der Waals surface area contributed by atoms with Crippen molar-refractivity contribution in [2.75, 3.05) is 33.4 Å². The quantitative estimate of drug-likeness (QED) is 0.407. The highest BCUT2D eigenvalue weighted by atomic mass is 16.5. The van der Waals surface area contributed by atoms with Crippen LogP contribution in [-0.4, -0.2) is 50.1 Å². The minimum absolute atomic E-state index is 0.212. The van der Waals surface area contributed by atoms with E-state index in [9.17, 15) is 4.79 Å². The van der Waals surface area contributed by atoms with Crippen LogP contribution in [0, 0.1) is 0 Å². The van der Waals surface area contributed by atoms with Gasteiger partial charge < -0.3 is 20.3 Å². The van der Waals surface area contributed by atoms with Crippen molar-refractivity contribution < 1.29 is 9.53 Å². The van der Waals surface area contributed by atoms with E-state index in [4.69, 9.17) is 4.74 Å². The molecule has 0 atom stereocenters. The van der Waals surface area contributed by atoms with Crippen LogP contribution in [0.5, 0.6) is 0 Å². The van der Waals surface area contributed by atoms with Crippen molar-refractivity contribution in [2.45, 2.75) is 39.3 Å². The minimum Gasteiger partial charge on any atom is -0.385 e. The number of carbonyl (C=O) groups is 1. The predicted molar refractivity (Wildman–Crippen MR) is 100 cm³/mol. The summed E-state index contributed by atoms with van der Waals surface area (Å²) in [4.78, 5) is 18.8. The molecule has 1 aliphatic rings. The number of fused-ring (bicyclic) bond motifs is 1. The van der Waals surface area contributed by atoms with Crippen LogP contribution in [0.25, 0.3) is 0 Å². The Balaban J connectivity index is 1.69. The normalized spacial score (nSPS) is 13.7. The summed E-state index contributed by atoms with van der Waals surface area (Å²) in [5.74, 6) is 1.02. The van der Waals surface area contributed by atoms with Crippen LogP contribution in [0.2, 0.25) is 0 Å². The zero-order chi connectivity index (χ0) is 17.9. The summed E-state index contributed by atoms with van der Waals surface area (Å²) in [6.45, 7) is 6.54. The molecule has 0 radical (unpaired) electrons. The lowest BCUT2D eigenvalue weighted by Gasteiger charge is -2.15. The van der Waals surface area contributed by atoms with Crippen LogP contribution in [-0.2, 0) is 22.6 Å². The fraction of sp³-hybridized carbons (Fsp3) is 0.579. The second-order valence-corrected chi connectivity index (χ2v) is 6.16. The first-order chi connectivity index (χ1) is 12.2. The van der Waals surface area contributed by atoms with Gasteiger partial charge in [-0.25, -0.2) is 0 Å². The SMILES string of the molecule is CCNC(=NCCCC(=O)N1Cc2ccccc2C1)NCCCOC. The molecule has 0 aromatic heterocycles. The van der Waals surface area contributed by atoms with Gasteiger partial charge in [0, 0.05) is 52.9 Å². The summed E-state index contributed by atoms with van der Waals surface area (Å²) in [7, 11) is 1.70. The number of nitrogens with one attached hydrogen (secondary N) is 2. The van der Waals surface area contributed by atoms with E-state index in [0.717, 1.165) is 51.6 Å². The third kappa shape index (κ3) is 6.38. The van der Waals surface area contributed by atoms with E-state index >= 15 is 0 Å². The average molecular weight is 346 g/mol. The Hall–Kier alpha value is -2.08. The first kappa shape index (κ1) is 19.2. The van der Waals surface area contributed by atoms with E-state index in [-0.39, 0.29) is 5.91 Å². The molecule has 0 spiro atoms. The monoisotopic (exact) mass is 346 g/mol. The van der Waals surface area contributed by atoms with Crippen molar-refractivity contribution in [3.8, 4) is 0 Å². The maximum atomic E-state index is 12.4. The third-order valence-corrected chi connectivity index (χ3v) is 4.17. The molecule has 138 valence electrons. The van der Waals surface area contributed by atoms with Crippen molar-refractivity contribution in [3.05, 3.63) is 35.4 Å². The number of hydrogen-bond donors (Lipinski definition) is 2. The molecular formula is C19H30N4O2. The first-order valence-corrected chi connectivity index (χ1v) is 9.10. The van der Waals surface area contributed by atoms with E-state index < -0.39 is 0 Å². The second-order valence-electron chi connectivity index (χ2n) is 6.16. The van der Waals surface area contributed by atoms with Crippen LogP contribution in [0.1, 0.15) is 37.3 Å². The lowest BCUT2D eigenvalue weighted by atomic mass is 10.1. The lowest BCUT2D eigenvalue weighted by molar-refractivity contribution is -0.131. The van der Waals surface area contributed by atoms with Gasteiger partial charge in [0.2, 0.25) is 5.91 Å². The van der Waals surface area contributed by atoms with E-state index in [2.05, 4.69) is 27.8 Å². The topological polar surface area (TPSA) is 66.0 Å². The third-order valence-electron chi connectivity index (χ3n) is 4.17. The van der Waals surface area contributed by atoms with Crippen molar-refractivity contribution >= 4 is 11.9 Å². The molecule has 0 saturated heterocycles. The molecule has 2 rings (SSSR count). The van der Waals surface area contributed by atoms with E-state index in [1.54, 1.807) is 7.11 Å². The van der Waals surface area contributed by atoms with Gasteiger partial charge in [0.25, 0.3) is 0 Å². The number of ether oxygens (including phenoxy) is 1. The first-order valence-electron chi connectivity index (χ1n) is 9.10. The molecule has 1 aliphatic heterocycles. The smallest absolute Gasteiger partial charge is 0.223 e. The fourth-order valence-electron chi connectivity index (χ4n) is 2.85. The van der Waals surface area contributed by atoms with Crippen LogP contribution >= 0.6 is 0 Å². The van der Waals surface area contributed by atoms with Gasteiger partial charge in [-0.2, -0.15) is 0 Å². The zero-order valence-corrected chi connectivity index (χ0v) is 15.4. The Kier molecular flexibility index (Phi) is 8.25. The summed E-state index contributed by atoms with van der Waals surface area (Å²) >= 11 is 0. The molecule has 25 heavy (non-hydrogen) atoms. The lowest BCUT2D eigenvalue weighted by Crippen LogP contribution is -2.38. The molecule has 0 saturated carbocycles. The zero-order valence-electron chi connectivity index (χ0n) is 15.4. The highest BCUT2D eigenvalue weighted by Crippen LogP contribution is 2.22. The maximum Gasteiger partial charge on any atom is 0.223 e. The van der Waals surface area contributed by atoms with Gasteiger partial charge in [0.1, 0.15) is 0 Å². The Labute approximate surface area is 150 Å². The van der Waals surface area contributed by atoms with Gasteiger partial charge in [-0.1, -0.05) is 24.3 Å². The van der Waals surface area contributed by atoms with Crippen molar-refractivity contribution in [2.24, 2.45) is 4.99 Å². The largest absolute Gasteiger partial charge is 0.385 e. The minimum atomic E-state index is 0.212. The molecule has 1 aromatic carbocycles. The van der Waals surface area contributed by atoms with Gasteiger partial charge in [-0.05, 0) is 30.9 Å². The number of nitrogens with zero attached hydrogens (tertiary/aromatic N) is 2. The molecule has 0 bridgehead atoms. The Morgan fingerprint density at radius 2 is 1.92 bits per heavy atom. The number of aliphatic imine (C=N–C) groups is 1. The van der Waals surface area contributed by atoms with Gasteiger partial charge in [0.05, 0.1) is 0 Å². The van der Waals surface area contributed by atoms with Gasteiger partial charge in [0.15, 0.2) is 5.96 Å². The summed E-state index contributed by atoms with van der Waals surface area (Å²) in [5, 5.41) is 6.49. The molecule has 0 aliphatic carbocycles. The number of carbonyl (C=O) groups excluding carboxylic acids is 1. The van der Waals surface area contributed by atoms with Gasteiger partial charge in [-0.15, -0.1) is 0 Å². The summed E-state index contributed by atoms with van der Waals surface area (Å²) in [6, 6.07) is 8.27. The molecule has 2 N–H and O–H groups in total. The highest BCUT2D eigenvalue weighted by Gasteiger charge is 2.22. The number of amides is 1.